The smallest absolute Gasteiger partial charge is 0.227 e. The van der Waals surface area contributed by atoms with Crippen LogP contribution in [0.2, 0.25) is 0 Å². The highest BCUT2D eigenvalue weighted by molar-refractivity contribution is 5.78. The van der Waals surface area contributed by atoms with Crippen molar-refractivity contribution >= 4 is 5.91 Å². The molecule has 0 aromatic heterocycles. The Morgan fingerprint density at radius 2 is 1.90 bits per heavy atom. The topological polar surface area (TPSA) is 47.0 Å². The van der Waals surface area contributed by atoms with Crippen molar-refractivity contribution in [3.8, 4) is 0 Å². The van der Waals surface area contributed by atoms with E-state index in [4.69, 9.17) is 0 Å². The largest absolute Gasteiger partial charge is 0.389 e. The lowest BCUT2D eigenvalue weighted by molar-refractivity contribution is -0.134. The summed E-state index contributed by atoms with van der Waals surface area (Å²) in [5.41, 5.74) is -0.519. The summed E-state index contributed by atoms with van der Waals surface area (Å²) in [5, 5.41) is 10.6. The lowest BCUT2D eigenvalue weighted by Crippen LogP contribution is -2.45. The van der Waals surface area contributed by atoms with Crippen LogP contribution in [0.1, 0.15) is 25.7 Å². The van der Waals surface area contributed by atoms with Gasteiger partial charge in [0.1, 0.15) is 0 Å². The van der Waals surface area contributed by atoms with Crippen LogP contribution in [0.3, 0.4) is 0 Å². The molecule has 2 fully saturated rings. The van der Waals surface area contributed by atoms with Crippen molar-refractivity contribution in [2.45, 2.75) is 31.3 Å². The molecule has 1 aliphatic heterocycles. The normalized spacial score (nSPS) is 28.3. The van der Waals surface area contributed by atoms with E-state index in [1.54, 1.807) is 4.90 Å². The van der Waals surface area contributed by atoms with Crippen molar-refractivity contribution in [3.63, 3.8) is 0 Å². The first-order valence-electron chi connectivity index (χ1n) is 7.74. The SMILES string of the molecule is CN1CCN(CC2(O)CCCC2)CC(C(=O)N(C)C)C1. The van der Waals surface area contributed by atoms with Crippen LogP contribution < -0.4 is 0 Å². The summed E-state index contributed by atoms with van der Waals surface area (Å²) in [6, 6.07) is 0. The van der Waals surface area contributed by atoms with E-state index in [1.807, 2.05) is 14.1 Å². The molecule has 1 N–H and O–H groups in total. The van der Waals surface area contributed by atoms with Gasteiger partial charge in [0.05, 0.1) is 11.5 Å². The maximum absolute atomic E-state index is 12.3. The van der Waals surface area contributed by atoms with Crippen molar-refractivity contribution in [1.29, 1.82) is 0 Å². The molecule has 0 radical (unpaired) electrons. The first kappa shape index (κ1) is 15.7. The van der Waals surface area contributed by atoms with Gasteiger partial charge in [-0.2, -0.15) is 0 Å². The molecular weight excluding hydrogens is 254 g/mol. The van der Waals surface area contributed by atoms with Gasteiger partial charge in [0.15, 0.2) is 0 Å². The summed E-state index contributed by atoms with van der Waals surface area (Å²) in [4.78, 5) is 18.5. The van der Waals surface area contributed by atoms with Gasteiger partial charge in [0.25, 0.3) is 0 Å². The van der Waals surface area contributed by atoms with Gasteiger partial charge < -0.3 is 14.9 Å². The van der Waals surface area contributed by atoms with Gasteiger partial charge in [-0.3, -0.25) is 9.69 Å². The molecule has 1 atom stereocenters. The maximum atomic E-state index is 12.3. The van der Waals surface area contributed by atoms with Gasteiger partial charge >= 0.3 is 0 Å². The Hall–Kier alpha value is -0.650. The minimum absolute atomic E-state index is 0.0162. The zero-order valence-electron chi connectivity index (χ0n) is 13.1. The number of hydrogen-bond acceptors (Lipinski definition) is 4. The van der Waals surface area contributed by atoms with Crippen molar-refractivity contribution in [1.82, 2.24) is 14.7 Å². The van der Waals surface area contributed by atoms with Crippen molar-refractivity contribution < 1.29 is 9.90 Å². The van der Waals surface area contributed by atoms with Crippen molar-refractivity contribution in [3.05, 3.63) is 0 Å². The molecule has 2 aliphatic rings. The minimum atomic E-state index is -0.519. The van der Waals surface area contributed by atoms with Gasteiger partial charge in [-0.25, -0.2) is 0 Å². The molecule has 5 nitrogen and oxygen atoms in total. The first-order valence-corrected chi connectivity index (χ1v) is 7.74. The van der Waals surface area contributed by atoms with E-state index in [0.717, 1.165) is 58.4 Å². The molecule has 1 unspecified atom stereocenters. The Morgan fingerprint density at radius 1 is 1.25 bits per heavy atom. The number of rotatable bonds is 3. The molecule has 0 bridgehead atoms. The van der Waals surface area contributed by atoms with E-state index in [2.05, 4.69) is 16.8 Å². The van der Waals surface area contributed by atoms with Crippen LogP contribution in [-0.2, 0) is 4.79 Å². The van der Waals surface area contributed by atoms with Gasteiger partial charge in [-0.05, 0) is 19.9 Å². The van der Waals surface area contributed by atoms with E-state index in [0.29, 0.717) is 0 Å². The highest BCUT2D eigenvalue weighted by atomic mass is 16.3. The zero-order chi connectivity index (χ0) is 14.8. The second-order valence-electron chi connectivity index (χ2n) is 6.86. The lowest BCUT2D eigenvalue weighted by atomic mass is 10.0. The summed E-state index contributed by atoms with van der Waals surface area (Å²) in [7, 11) is 5.72. The van der Waals surface area contributed by atoms with Gasteiger partial charge in [0.2, 0.25) is 5.91 Å². The molecule has 1 heterocycles. The number of aliphatic hydroxyl groups is 1. The van der Waals surface area contributed by atoms with Gasteiger partial charge in [-0.15, -0.1) is 0 Å². The fourth-order valence-corrected chi connectivity index (χ4v) is 3.51. The highest BCUT2D eigenvalue weighted by Crippen LogP contribution is 2.30. The highest BCUT2D eigenvalue weighted by Gasteiger charge is 2.35. The minimum Gasteiger partial charge on any atom is -0.389 e. The Labute approximate surface area is 122 Å². The summed E-state index contributed by atoms with van der Waals surface area (Å²) >= 11 is 0. The number of likely N-dealkylation sites (N-methyl/N-ethyl adjacent to an activating group) is 1. The predicted molar refractivity (Wildman–Crippen MR) is 79.5 cm³/mol. The van der Waals surface area contributed by atoms with Crippen LogP contribution in [0.4, 0.5) is 0 Å². The Bertz CT molecular complexity index is 340. The quantitative estimate of drug-likeness (QED) is 0.806. The van der Waals surface area contributed by atoms with E-state index in [9.17, 15) is 9.90 Å². The van der Waals surface area contributed by atoms with Crippen LogP contribution >= 0.6 is 0 Å². The standard InChI is InChI=1S/C15H29N3O2/c1-16(2)14(19)13-10-17(3)8-9-18(11-13)12-15(20)6-4-5-7-15/h13,20H,4-12H2,1-3H3. The molecule has 2 rings (SSSR count). The second kappa shape index (κ2) is 6.41. The van der Waals surface area contributed by atoms with Crippen LogP contribution in [0, 0.1) is 5.92 Å². The first-order chi connectivity index (χ1) is 9.39. The number of hydrogen-bond donors (Lipinski definition) is 1. The van der Waals surface area contributed by atoms with Crippen molar-refractivity contribution in [2.75, 3.05) is 53.9 Å². The number of β-amino-alcohol motifs (C(OH)–C–C–N with tert-alkyl or cyclic N) is 1. The van der Waals surface area contributed by atoms with Crippen molar-refractivity contribution in [2.24, 2.45) is 5.92 Å². The summed E-state index contributed by atoms with van der Waals surface area (Å²) in [5.74, 6) is 0.213. The average Bonchev–Trinajstić information content (AvgIpc) is 2.71. The maximum Gasteiger partial charge on any atom is 0.227 e. The third kappa shape index (κ3) is 3.93. The Kier molecular flexibility index (Phi) is 5.04. The summed E-state index contributed by atoms with van der Waals surface area (Å²) in [6.45, 7) is 4.21. The molecule has 5 heteroatoms. The number of nitrogens with zero attached hydrogens (tertiary/aromatic N) is 3. The van der Waals surface area contributed by atoms with Crippen LogP contribution in [0.5, 0.6) is 0 Å². The van der Waals surface area contributed by atoms with Gasteiger partial charge in [-0.1, -0.05) is 12.8 Å². The molecule has 1 aliphatic carbocycles. The average molecular weight is 283 g/mol. The number of amides is 1. The van der Waals surface area contributed by atoms with E-state index in [-0.39, 0.29) is 11.8 Å². The van der Waals surface area contributed by atoms with E-state index in [1.165, 1.54) is 0 Å². The monoisotopic (exact) mass is 283 g/mol. The number of carbonyl (C=O) groups is 1. The number of carbonyl (C=O) groups excluding carboxylic acids is 1. The summed E-state index contributed by atoms with van der Waals surface area (Å²) in [6.07, 6.45) is 4.08. The molecule has 20 heavy (non-hydrogen) atoms. The summed E-state index contributed by atoms with van der Waals surface area (Å²) < 4.78 is 0. The molecule has 1 amide bonds. The molecular formula is C15H29N3O2. The van der Waals surface area contributed by atoms with E-state index < -0.39 is 5.60 Å². The molecule has 1 saturated carbocycles. The third-order valence-electron chi connectivity index (χ3n) is 4.65. The molecule has 0 spiro atoms. The zero-order valence-corrected chi connectivity index (χ0v) is 13.1. The lowest BCUT2D eigenvalue weighted by Gasteiger charge is -2.32. The molecule has 1 saturated heterocycles. The molecule has 0 aromatic carbocycles. The Morgan fingerprint density at radius 3 is 2.50 bits per heavy atom. The Balaban J connectivity index is 2.00. The fourth-order valence-electron chi connectivity index (χ4n) is 3.51. The predicted octanol–water partition coefficient (Wildman–Crippen LogP) is 0.243. The second-order valence-corrected chi connectivity index (χ2v) is 6.86. The fraction of sp³-hybridized carbons (Fsp3) is 0.933. The van der Waals surface area contributed by atoms with E-state index >= 15 is 0 Å². The third-order valence-corrected chi connectivity index (χ3v) is 4.65. The molecule has 116 valence electrons. The van der Waals surface area contributed by atoms with Crippen LogP contribution in [0.15, 0.2) is 0 Å². The van der Waals surface area contributed by atoms with Gasteiger partial charge in [0, 0.05) is 46.8 Å². The van der Waals surface area contributed by atoms with Crippen LogP contribution in [0.25, 0.3) is 0 Å². The molecule has 0 aromatic rings. The van der Waals surface area contributed by atoms with Crippen LogP contribution in [-0.4, -0.2) is 85.2 Å².